The van der Waals surface area contributed by atoms with E-state index in [1.807, 2.05) is 4.90 Å². The first-order valence-electron chi connectivity index (χ1n) is 8.65. The van der Waals surface area contributed by atoms with Crippen molar-refractivity contribution in [1.82, 2.24) is 4.90 Å². The number of carbonyl (C=O) groups is 2. The van der Waals surface area contributed by atoms with Crippen LogP contribution >= 0.6 is 0 Å². The van der Waals surface area contributed by atoms with E-state index >= 15 is 0 Å². The number of hydrogen-bond donors (Lipinski definition) is 1. The van der Waals surface area contributed by atoms with Crippen molar-refractivity contribution < 1.29 is 19.6 Å². The number of benzene rings is 1. The van der Waals surface area contributed by atoms with Crippen molar-refractivity contribution in [3.8, 4) is 0 Å². The highest BCUT2D eigenvalue weighted by atomic mass is 16.6. The van der Waals surface area contributed by atoms with Gasteiger partial charge in [0, 0.05) is 31.8 Å². The Balaban J connectivity index is 2.36. The number of nitrogens with zero attached hydrogens (tertiary/aromatic N) is 3. The molecule has 0 aromatic heterocycles. The van der Waals surface area contributed by atoms with Crippen LogP contribution in [0.25, 0.3) is 0 Å². The Kier molecular flexibility index (Phi) is 5.84. The van der Waals surface area contributed by atoms with Gasteiger partial charge in [-0.15, -0.1) is 0 Å². The van der Waals surface area contributed by atoms with Crippen LogP contribution in [0.3, 0.4) is 0 Å². The lowest BCUT2D eigenvalue weighted by atomic mass is 9.91. The van der Waals surface area contributed by atoms with Gasteiger partial charge < -0.3 is 14.9 Å². The molecule has 1 saturated heterocycles. The third-order valence-corrected chi connectivity index (χ3v) is 4.89. The van der Waals surface area contributed by atoms with Gasteiger partial charge >= 0.3 is 5.97 Å². The predicted molar refractivity (Wildman–Crippen MR) is 97.4 cm³/mol. The maximum absolute atomic E-state index is 12.5. The van der Waals surface area contributed by atoms with Gasteiger partial charge in [0.1, 0.15) is 11.7 Å². The average Bonchev–Trinajstić information content (AvgIpc) is 2.58. The molecule has 1 N–H and O–H groups in total. The zero-order chi connectivity index (χ0) is 19.6. The largest absolute Gasteiger partial charge is 0.480 e. The van der Waals surface area contributed by atoms with Gasteiger partial charge in [0.05, 0.1) is 4.92 Å². The minimum Gasteiger partial charge on any atom is -0.480 e. The second-order valence-electron chi connectivity index (χ2n) is 7.24. The third-order valence-electron chi connectivity index (χ3n) is 4.89. The van der Waals surface area contributed by atoms with Gasteiger partial charge in [0.15, 0.2) is 0 Å². The van der Waals surface area contributed by atoms with Crippen molar-refractivity contribution in [1.29, 1.82) is 0 Å². The highest BCUT2D eigenvalue weighted by Crippen LogP contribution is 2.34. The summed E-state index contributed by atoms with van der Waals surface area (Å²) < 4.78 is 0. The fourth-order valence-electron chi connectivity index (χ4n) is 3.47. The first-order chi connectivity index (χ1) is 12.1. The number of anilines is 1. The average molecular weight is 363 g/mol. The van der Waals surface area contributed by atoms with E-state index in [1.54, 1.807) is 6.07 Å². The van der Waals surface area contributed by atoms with E-state index in [4.69, 9.17) is 5.11 Å². The van der Waals surface area contributed by atoms with Gasteiger partial charge in [-0.25, -0.2) is 4.79 Å². The van der Waals surface area contributed by atoms with Gasteiger partial charge in [0.2, 0.25) is 0 Å². The molecule has 0 saturated carbocycles. The summed E-state index contributed by atoms with van der Waals surface area (Å²) in [5.41, 5.74) is 0.474. The van der Waals surface area contributed by atoms with E-state index in [0.29, 0.717) is 17.5 Å². The molecular formula is C18H25N3O5. The molecule has 0 radical (unpaired) electrons. The number of carboxylic acid groups (broad SMARTS) is 1. The normalized spacial score (nSPS) is 21.2. The molecule has 142 valence electrons. The molecule has 3 atom stereocenters. The van der Waals surface area contributed by atoms with Crippen molar-refractivity contribution in [2.75, 3.05) is 25.0 Å². The van der Waals surface area contributed by atoms with Crippen LogP contribution in [0, 0.1) is 22.0 Å². The number of carboxylic acids is 1. The number of nitro groups is 1. The van der Waals surface area contributed by atoms with Crippen LogP contribution < -0.4 is 4.90 Å². The first kappa shape index (κ1) is 19.7. The molecule has 1 fully saturated rings. The molecule has 1 aliphatic rings. The maximum atomic E-state index is 12.5. The molecule has 0 aliphatic carbocycles. The number of nitro benzene ring substituents is 1. The molecule has 1 amide bonds. The fourth-order valence-corrected chi connectivity index (χ4v) is 3.47. The summed E-state index contributed by atoms with van der Waals surface area (Å²) in [5, 5.41) is 20.6. The molecule has 26 heavy (non-hydrogen) atoms. The highest BCUT2D eigenvalue weighted by molar-refractivity contribution is 5.97. The lowest BCUT2D eigenvalue weighted by Crippen LogP contribution is -2.40. The Morgan fingerprint density at radius 2 is 1.88 bits per heavy atom. The molecule has 1 heterocycles. The van der Waals surface area contributed by atoms with Crippen LogP contribution in [0.15, 0.2) is 18.2 Å². The fraction of sp³-hybridized carbons (Fsp3) is 0.556. The van der Waals surface area contributed by atoms with E-state index in [1.165, 1.54) is 26.1 Å². The Labute approximate surface area is 152 Å². The van der Waals surface area contributed by atoms with Crippen LogP contribution in [0.4, 0.5) is 11.4 Å². The molecule has 1 aromatic rings. The number of aliphatic carboxylic acids is 1. The van der Waals surface area contributed by atoms with Crippen LogP contribution in [0.2, 0.25) is 0 Å². The van der Waals surface area contributed by atoms with Gasteiger partial charge in [-0.05, 0) is 37.3 Å². The zero-order valence-corrected chi connectivity index (χ0v) is 15.5. The standard InChI is InChI=1S/C18H25N3O5/c1-11-7-12(2)10-20(9-11)15-6-5-14(8-16(15)21(25)26)17(22)19(4)13(3)18(23)24/h5-6,8,11-13H,7,9-10H2,1-4H3,(H,23,24). The Bertz CT molecular complexity index is 711. The van der Waals surface area contributed by atoms with Crippen LogP contribution in [0.5, 0.6) is 0 Å². The van der Waals surface area contributed by atoms with Crippen molar-refractivity contribution in [2.24, 2.45) is 11.8 Å². The van der Waals surface area contributed by atoms with Gasteiger partial charge in [-0.1, -0.05) is 13.8 Å². The van der Waals surface area contributed by atoms with E-state index < -0.39 is 22.8 Å². The number of amides is 1. The molecule has 0 spiro atoms. The van der Waals surface area contributed by atoms with Gasteiger partial charge in [0.25, 0.3) is 11.6 Å². The van der Waals surface area contributed by atoms with Crippen molar-refractivity contribution >= 4 is 23.3 Å². The number of hydrogen-bond acceptors (Lipinski definition) is 5. The Morgan fingerprint density at radius 3 is 2.38 bits per heavy atom. The van der Waals surface area contributed by atoms with E-state index in [0.717, 1.165) is 24.4 Å². The SMILES string of the molecule is CC1CC(C)CN(c2ccc(C(=O)N(C)C(C)C(=O)O)cc2[N+](=O)[O-])C1. The van der Waals surface area contributed by atoms with Crippen molar-refractivity contribution in [3.05, 3.63) is 33.9 Å². The second-order valence-corrected chi connectivity index (χ2v) is 7.24. The first-order valence-corrected chi connectivity index (χ1v) is 8.65. The summed E-state index contributed by atoms with van der Waals surface area (Å²) in [6.07, 6.45) is 1.08. The lowest BCUT2D eigenvalue weighted by Gasteiger charge is -2.36. The summed E-state index contributed by atoms with van der Waals surface area (Å²) in [6, 6.07) is 3.34. The molecule has 8 heteroatoms. The summed E-state index contributed by atoms with van der Waals surface area (Å²) >= 11 is 0. The molecule has 3 unspecified atom stereocenters. The molecule has 0 bridgehead atoms. The Hall–Kier alpha value is -2.64. The predicted octanol–water partition coefficient (Wildman–Crippen LogP) is 2.62. The minimum atomic E-state index is -1.14. The third kappa shape index (κ3) is 4.12. The van der Waals surface area contributed by atoms with Crippen molar-refractivity contribution in [3.63, 3.8) is 0 Å². The highest BCUT2D eigenvalue weighted by Gasteiger charge is 2.29. The molecule has 2 rings (SSSR count). The molecule has 1 aliphatic heterocycles. The summed E-state index contributed by atoms with van der Waals surface area (Å²) in [6.45, 7) is 7.09. The van der Waals surface area contributed by atoms with Crippen LogP contribution in [-0.2, 0) is 4.79 Å². The number of piperidine rings is 1. The topological polar surface area (TPSA) is 104 Å². The summed E-state index contributed by atoms with van der Waals surface area (Å²) in [7, 11) is 1.37. The molecule has 1 aromatic carbocycles. The zero-order valence-electron chi connectivity index (χ0n) is 15.5. The van der Waals surface area contributed by atoms with Gasteiger partial charge in [-0.2, -0.15) is 0 Å². The number of rotatable bonds is 5. The lowest BCUT2D eigenvalue weighted by molar-refractivity contribution is -0.384. The summed E-state index contributed by atoms with van der Waals surface area (Å²) in [5.74, 6) is -0.831. The van der Waals surface area contributed by atoms with E-state index in [9.17, 15) is 19.7 Å². The van der Waals surface area contributed by atoms with Crippen LogP contribution in [0.1, 0.15) is 37.6 Å². The monoisotopic (exact) mass is 363 g/mol. The van der Waals surface area contributed by atoms with E-state index in [-0.39, 0.29) is 11.3 Å². The molecule has 8 nitrogen and oxygen atoms in total. The Morgan fingerprint density at radius 1 is 1.31 bits per heavy atom. The maximum Gasteiger partial charge on any atom is 0.326 e. The second kappa shape index (κ2) is 7.72. The van der Waals surface area contributed by atoms with Crippen molar-refractivity contribution in [2.45, 2.75) is 33.2 Å². The van der Waals surface area contributed by atoms with Gasteiger partial charge in [-0.3, -0.25) is 14.9 Å². The number of likely N-dealkylation sites (N-methyl/N-ethyl adjacent to an activating group) is 1. The van der Waals surface area contributed by atoms with E-state index in [2.05, 4.69) is 13.8 Å². The number of carbonyl (C=O) groups excluding carboxylic acids is 1. The molecular weight excluding hydrogens is 338 g/mol. The quantitative estimate of drug-likeness (QED) is 0.637. The smallest absolute Gasteiger partial charge is 0.326 e. The minimum absolute atomic E-state index is 0.106. The summed E-state index contributed by atoms with van der Waals surface area (Å²) in [4.78, 5) is 37.7. The van der Waals surface area contributed by atoms with Crippen LogP contribution in [-0.4, -0.2) is 53.0 Å².